The number of carboxylic acid groups (broad SMARTS) is 1. The van der Waals surface area contributed by atoms with Crippen molar-refractivity contribution in [2.24, 2.45) is 11.7 Å². The zero-order valence-electron chi connectivity index (χ0n) is 12.4. The van der Waals surface area contributed by atoms with Crippen LogP contribution < -0.4 is 11.1 Å². The Balaban J connectivity index is 1.92. The second-order valence-corrected chi connectivity index (χ2v) is 6.38. The summed E-state index contributed by atoms with van der Waals surface area (Å²) in [6, 6.07) is 3.64. The highest BCUT2D eigenvalue weighted by Crippen LogP contribution is 2.31. The number of nitrogens with two attached hydrogens (primary N) is 1. The number of carbonyl (C=O) groups excluding carboxylic acids is 2. The smallest absolute Gasteiger partial charge is 0.306 e. The molecule has 0 bridgehead atoms. The van der Waals surface area contributed by atoms with E-state index in [-0.39, 0.29) is 33.8 Å². The first-order valence-electron chi connectivity index (χ1n) is 7.01. The van der Waals surface area contributed by atoms with E-state index in [4.69, 9.17) is 10.8 Å². The van der Waals surface area contributed by atoms with Crippen molar-refractivity contribution in [3.8, 4) is 0 Å². The molecule has 128 valence electrons. The van der Waals surface area contributed by atoms with E-state index in [2.05, 4.69) is 5.32 Å². The maximum absolute atomic E-state index is 11.8. The Morgan fingerprint density at radius 1 is 1.38 bits per heavy atom. The van der Waals surface area contributed by atoms with Crippen LogP contribution >= 0.6 is 11.8 Å². The zero-order valence-corrected chi connectivity index (χ0v) is 13.2. The monoisotopic (exact) mass is 353 g/mol. The molecule has 2 rings (SSSR count). The van der Waals surface area contributed by atoms with Crippen molar-refractivity contribution < 1.29 is 24.4 Å². The van der Waals surface area contributed by atoms with Crippen molar-refractivity contribution in [3.05, 3.63) is 33.9 Å². The van der Waals surface area contributed by atoms with Crippen molar-refractivity contribution in [2.45, 2.75) is 23.8 Å². The van der Waals surface area contributed by atoms with Crippen molar-refractivity contribution in [1.29, 1.82) is 0 Å². The molecule has 24 heavy (non-hydrogen) atoms. The van der Waals surface area contributed by atoms with E-state index >= 15 is 0 Å². The Morgan fingerprint density at radius 3 is 2.58 bits per heavy atom. The number of benzene rings is 1. The molecular formula is C14H15N3O6S. The number of nitrogens with zero attached hydrogens (tertiary/aromatic N) is 1. The van der Waals surface area contributed by atoms with Crippen LogP contribution in [0.1, 0.15) is 23.2 Å². The Bertz CT molecular complexity index is 702. The number of rotatable bonds is 7. The second-order valence-electron chi connectivity index (χ2n) is 5.36. The Hall–Kier alpha value is -2.62. The van der Waals surface area contributed by atoms with Crippen LogP contribution in [0.25, 0.3) is 0 Å². The molecule has 1 fully saturated rings. The molecule has 0 spiro atoms. The first-order chi connectivity index (χ1) is 11.3. The van der Waals surface area contributed by atoms with Crippen LogP contribution in [0.15, 0.2) is 23.1 Å². The van der Waals surface area contributed by atoms with Gasteiger partial charge in [0.2, 0.25) is 11.8 Å². The fourth-order valence-corrected chi connectivity index (χ4v) is 3.10. The molecule has 1 aliphatic carbocycles. The van der Waals surface area contributed by atoms with Crippen LogP contribution in [0.2, 0.25) is 0 Å². The topological polar surface area (TPSA) is 153 Å². The van der Waals surface area contributed by atoms with Gasteiger partial charge in [-0.25, -0.2) is 0 Å². The van der Waals surface area contributed by atoms with Gasteiger partial charge in [0.1, 0.15) is 0 Å². The van der Waals surface area contributed by atoms with Crippen LogP contribution in [0, 0.1) is 16.0 Å². The Labute approximate surface area is 140 Å². The maximum Gasteiger partial charge on any atom is 0.306 e. The lowest BCUT2D eigenvalue weighted by Crippen LogP contribution is -2.47. The molecule has 0 heterocycles. The average Bonchev–Trinajstić information content (AvgIpc) is 2.47. The van der Waals surface area contributed by atoms with Gasteiger partial charge < -0.3 is 16.2 Å². The summed E-state index contributed by atoms with van der Waals surface area (Å²) in [5.74, 6) is -2.46. The minimum atomic E-state index is -0.875. The highest BCUT2D eigenvalue weighted by Gasteiger charge is 2.35. The molecule has 4 N–H and O–H groups in total. The van der Waals surface area contributed by atoms with Gasteiger partial charge in [-0.1, -0.05) is 0 Å². The zero-order chi connectivity index (χ0) is 17.9. The summed E-state index contributed by atoms with van der Waals surface area (Å²) in [4.78, 5) is 44.3. The molecule has 0 saturated heterocycles. The lowest BCUT2D eigenvalue weighted by Gasteiger charge is -2.32. The largest absolute Gasteiger partial charge is 0.481 e. The number of amides is 2. The summed E-state index contributed by atoms with van der Waals surface area (Å²) >= 11 is 0.965. The van der Waals surface area contributed by atoms with Gasteiger partial charge in [-0.3, -0.25) is 24.5 Å². The third-order valence-corrected chi connectivity index (χ3v) is 4.71. The third kappa shape index (κ3) is 4.22. The van der Waals surface area contributed by atoms with Gasteiger partial charge in [0.15, 0.2) is 0 Å². The molecule has 0 aromatic heterocycles. The van der Waals surface area contributed by atoms with E-state index in [1.807, 2.05) is 0 Å². The molecule has 0 atom stereocenters. The predicted octanol–water partition coefficient (Wildman–Crippen LogP) is 0.765. The number of thioether (sulfide) groups is 1. The van der Waals surface area contributed by atoms with E-state index in [0.717, 1.165) is 17.8 Å². The van der Waals surface area contributed by atoms with Crippen LogP contribution in [0.4, 0.5) is 5.69 Å². The number of aliphatic carboxylic acids is 1. The highest BCUT2D eigenvalue weighted by atomic mass is 32.2. The summed E-state index contributed by atoms with van der Waals surface area (Å²) in [6.45, 7) is 0. The number of carboxylic acids is 1. The lowest BCUT2D eigenvalue weighted by molar-refractivity contribution is -0.387. The molecule has 0 aliphatic heterocycles. The molecule has 1 aromatic carbocycles. The molecule has 1 saturated carbocycles. The van der Waals surface area contributed by atoms with Crippen molar-refractivity contribution in [1.82, 2.24) is 5.32 Å². The Morgan fingerprint density at radius 2 is 2.04 bits per heavy atom. The van der Waals surface area contributed by atoms with Crippen molar-refractivity contribution in [3.63, 3.8) is 0 Å². The third-order valence-electron chi connectivity index (χ3n) is 3.65. The molecular weight excluding hydrogens is 338 g/mol. The second kappa shape index (κ2) is 7.30. The minimum Gasteiger partial charge on any atom is -0.481 e. The number of hydrogen-bond acceptors (Lipinski definition) is 6. The van der Waals surface area contributed by atoms with E-state index < -0.39 is 22.7 Å². The Kier molecular flexibility index (Phi) is 5.39. The van der Waals surface area contributed by atoms with Gasteiger partial charge in [0.05, 0.1) is 21.5 Å². The lowest BCUT2D eigenvalue weighted by atomic mass is 9.80. The molecule has 9 nitrogen and oxygen atoms in total. The number of hydrogen-bond donors (Lipinski definition) is 3. The van der Waals surface area contributed by atoms with E-state index in [9.17, 15) is 24.5 Å². The standard InChI is InChI=1S/C14H15N3O6S/c15-13(19)7-1-2-11(10(5-7)17(22)23)24-6-12(18)16-9-3-8(4-9)14(20)21/h1-2,5,8-9H,3-4,6H2,(H2,15,19)(H,16,18)(H,20,21). The van der Waals surface area contributed by atoms with Gasteiger partial charge in [-0.05, 0) is 25.0 Å². The van der Waals surface area contributed by atoms with Crippen LogP contribution in [0.3, 0.4) is 0 Å². The maximum atomic E-state index is 11.8. The van der Waals surface area contributed by atoms with E-state index in [1.54, 1.807) is 0 Å². The predicted molar refractivity (Wildman–Crippen MR) is 84.6 cm³/mol. The SMILES string of the molecule is NC(=O)c1ccc(SCC(=O)NC2CC(C(=O)O)C2)c([N+](=O)[O-])c1. The molecule has 1 aliphatic rings. The van der Waals surface area contributed by atoms with Crippen molar-refractivity contribution >= 4 is 35.2 Å². The molecule has 10 heteroatoms. The normalized spacial score (nSPS) is 19.2. The molecule has 2 amide bonds. The fraction of sp³-hybridized carbons (Fsp3) is 0.357. The quantitative estimate of drug-likeness (QED) is 0.371. The number of nitro benzene ring substituents is 1. The minimum absolute atomic E-state index is 0.0182. The first-order valence-corrected chi connectivity index (χ1v) is 7.99. The van der Waals surface area contributed by atoms with Gasteiger partial charge >= 0.3 is 5.97 Å². The van der Waals surface area contributed by atoms with Gasteiger partial charge in [0, 0.05) is 17.7 Å². The summed E-state index contributed by atoms with van der Waals surface area (Å²) in [5, 5.41) is 22.5. The van der Waals surface area contributed by atoms with Crippen LogP contribution in [-0.4, -0.2) is 39.6 Å². The van der Waals surface area contributed by atoms with Gasteiger partial charge in [-0.2, -0.15) is 0 Å². The first kappa shape index (κ1) is 17.7. The summed E-state index contributed by atoms with van der Waals surface area (Å²) in [7, 11) is 0. The van der Waals surface area contributed by atoms with Gasteiger partial charge in [0.25, 0.3) is 5.69 Å². The molecule has 0 unspecified atom stereocenters. The fourth-order valence-electron chi connectivity index (χ4n) is 2.29. The van der Waals surface area contributed by atoms with E-state index in [1.165, 1.54) is 12.1 Å². The summed E-state index contributed by atoms with van der Waals surface area (Å²) in [5.41, 5.74) is 4.82. The number of carbonyl (C=O) groups is 3. The average molecular weight is 353 g/mol. The summed E-state index contributed by atoms with van der Waals surface area (Å²) in [6.07, 6.45) is 0.776. The van der Waals surface area contributed by atoms with E-state index in [0.29, 0.717) is 12.8 Å². The molecule has 1 aromatic rings. The van der Waals surface area contributed by atoms with Crippen LogP contribution in [-0.2, 0) is 9.59 Å². The number of nitro groups is 1. The van der Waals surface area contributed by atoms with Crippen LogP contribution in [0.5, 0.6) is 0 Å². The van der Waals surface area contributed by atoms with Gasteiger partial charge in [-0.15, -0.1) is 11.8 Å². The number of nitrogens with one attached hydrogen (secondary N) is 1. The number of primary amides is 1. The molecule has 0 radical (unpaired) electrons. The van der Waals surface area contributed by atoms with Crippen molar-refractivity contribution in [2.75, 3.05) is 5.75 Å². The highest BCUT2D eigenvalue weighted by molar-refractivity contribution is 8.00. The summed E-state index contributed by atoms with van der Waals surface area (Å²) < 4.78 is 0.